The summed E-state index contributed by atoms with van der Waals surface area (Å²) >= 11 is 0. The van der Waals surface area contributed by atoms with E-state index in [4.69, 9.17) is 10.5 Å². The Morgan fingerprint density at radius 1 is 1.07 bits per heavy atom. The molecule has 2 aromatic carbocycles. The minimum absolute atomic E-state index is 0.0443. The fourth-order valence-electron chi connectivity index (χ4n) is 6.66. The molecule has 1 saturated carbocycles. The summed E-state index contributed by atoms with van der Waals surface area (Å²) in [6.07, 6.45) is 16.7. The predicted molar refractivity (Wildman–Crippen MR) is 172 cm³/mol. The van der Waals surface area contributed by atoms with Crippen LogP contribution in [0.3, 0.4) is 0 Å². The maximum Gasteiger partial charge on any atom is 0.246 e. The van der Waals surface area contributed by atoms with E-state index in [1.165, 1.54) is 29.7 Å². The Bertz CT molecular complexity index is 1580. The molecule has 0 bridgehead atoms. The summed E-state index contributed by atoms with van der Waals surface area (Å²) in [4.78, 5) is 14.8. The molecule has 43 heavy (non-hydrogen) atoms. The number of carbonyl (C=O) groups excluding carboxylic acids is 1. The van der Waals surface area contributed by atoms with E-state index >= 15 is 0 Å². The Labute approximate surface area is 253 Å². The Morgan fingerprint density at radius 3 is 2.60 bits per heavy atom. The van der Waals surface area contributed by atoms with Gasteiger partial charge >= 0.3 is 0 Å². The van der Waals surface area contributed by atoms with E-state index in [1.54, 1.807) is 6.08 Å². The average molecular weight is 573 g/mol. The van der Waals surface area contributed by atoms with Gasteiger partial charge in [-0.05, 0) is 67.7 Å². The van der Waals surface area contributed by atoms with Crippen molar-refractivity contribution in [2.24, 2.45) is 0 Å². The van der Waals surface area contributed by atoms with Crippen molar-refractivity contribution in [2.45, 2.75) is 62.8 Å². The maximum absolute atomic E-state index is 12.9. The van der Waals surface area contributed by atoms with Gasteiger partial charge in [-0.3, -0.25) is 4.79 Å². The largest absolute Gasteiger partial charge is 0.385 e. The Morgan fingerprint density at radius 2 is 1.84 bits per heavy atom. The number of anilines is 1. The average Bonchev–Trinajstić information content (AvgIpc) is 3.53. The molecule has 3 heterocycles. The third kappa shape index (κ3) is 5.94. The van der Waals surface area contributed by atoms with Crippen LogP contribution in [0, 0.1) is 5.41 Å². The van der Waals surface area contributed by atoms with E-state index < -0.39 is 0 Å². The highest BCUT2D eigenvalue weighted by atomic mass is 16.2. The normalized spacial score (nSPS) is 23.8. The molecule has 1 amide bonds. The van der Waals surface area contributed by atoms with E-state index in [0.29, 0.717) is 43.6 Å². The van der Waals surface area contributed by atoms with Gasteiger partial charge in [0.25, 0.3) is 0 Å². The van der Waals surface area contributed by atoms with Gasteiger partial charge in [-0.15, -0.1) is 0 Å². The van der Waals surface area contributed by atoms with E-state index in [0.717, 1.165) is 48.3 Å². The molecule has 1 atom stereocenters. The number of hydrogen-bond donors (Lipinski definition) is 3. The number of fused-ring (bicyclic) bond motifs is 1. The third-order valence-electron chi connectivity index (χ3n) is 9.35. The van der Waals surface area contributed by atoms with E-state index in [1.807, 2.05) is 17.2 Å². The van der Waals surface area contributed by atoms with Crippen molar-refractivity contribution >= 4 is 17.4 Å². The van der Waals surface area contributed by atoms with Crippen LogP contribution in [0.25, 0.3) is 11.3 Å². The van der Waals surface area contributed by atoms with Crippen LogP contribution in [0.2, 0.25) is 0 Å². The Hall–Kier alpha value is -4.39. The first kappa shape index (κ1) is 27.4. The highest BCUT2D eigenvalue weighted by Gasteiger charge is 2.33. The second-order valence-electron chi connectivity index (χ2n) is 12.3. The summed E-state index contributed by atoms with van der Waals surface area (Å²) < 4.78 is 2.05. The number of benzene rings is 2. The highest BCUT2D eigenvalue weighted by molar-refractivity contribution is 6.07. The van der Waals surface area contributed by atoms with Gasteiger partial charge < -0.3 is 20.9 Å². The van der Waals surface area contributed by atoms with Gasteiger partial charge in [0.05, 0.1) is 11.6 Å². The molecule has 2 fully saturated rings. The van der Waals surface area contributed by atoms with Crippen molar-refractivity contribution < 1.29 is 4.79 Å². The lowest BCUT2D eigenvalue weighted by molar-refractivity contribution is -0.125. The third-order valence-corrected chi connectivity index (χ3v) is 9.35. The molecule has 1 aromatic heterocycles. The van der Waals surface area contributed by atoms with E-state index in [-0.39, 0.29) is 11.9 Å². The van der Waals surface area contributed by atoms with Crippen LogP contribution < -0.4 is 10.6 Å². The number of rotatable bonds is 8. The molecule has 220 valence electrons. The zero-order valence-electron chi connectivity index (χ0n) is 24.6. The van der Waals surface area contributed by atoms with Gasteiger partial charge in [0.2, 0.25) is 5.91 Å². The Kier molecular flexibility index (Phi) is 7.71. The van der Waals surface area contributed by atoms with Crippen molar-refractivity contribution in [3.05, 3.63) is 107 Å². The second kappa shape index (κ2) is 12.1. The number of aromatic nitrogens is 2. The molecule has 0 radical (unpaired) electrons. The lowest BCUT2D eigenvalue weighted by Gasteiger charge is -2.36. The molecular formula is C36H40N6O. The van der Waals surface area contributed by atoms with Crippen LogP contribution in [0.5, 0.6) is 0 Å². The van der Waals surface area contributed by atoms with E-state index in [9.17, 15) is 4.79 Å². The summed E-state index contributed by atoms with van der Waals surface area (Å²) in [5.41, 5.74) is 7.48. The molecule has 2 aliphatic carbocycles. The smallest absolute Gasteiger partial charge is 0.246 e. The van der Waals surface area contributed by atoms with Gasteiger partial charge in [0.15, 0.2) is 0 Å². The summed E-state index contributed by atoms with van der Waals surface area (Å²) in [6.45, 7) is 1.98. The zero-order chi connectivity index (χ0) is 29.2. The minimum atomic E-state index is 0.0443. The quantitative estimate of drug-likeness (QED) is 0.257. The van der Waals surface area contributed by atoms with Crippen LogP contribution in [-0.4, -0.2) is 45.9 Å². The zero-order valence-corrected chi connectivity index (χ0v) is 24.6. The summed E-state index contributed by atoms with van der Waals surface area (Å²) in [7, 11) is 0. The topological polar surface area (TPSA) is 86.0 Å². The lowest BCUT2D eigenvalue weighted by Crippen LogP contribution is -2.28. The predicted octanol–water partition coefficient (Wildman–Crippen LogP) is 6.90. The first-order valence-electron chi connectivity index (χ1n) is 15.8. The van der Waals surface area contributed by atoms with Crippen LogP contribution in [0.15, 0.2) is 90.8 Å². The number of carbonyl (C=O) groups is 1. The van der Waals surface area contributed by atoms with Gasteiger partial charge in [0, 0.05) is 49.1 Å². The molecule has 3 N–H and O–H groups in total. The fourth-order valence-corrected chi connectivity index (χ4v) is 6.66. The van der Waals surface area contributed by atoms with Gasteiger partial charge in [-0.2, -0.15) is 5.10 Å². The van der Waals surface area contributed by atoms with Crippen molar-refractivity contribution in [1.29, 1.82) is 5.41 Å². The minimum Gasteiger partial charge on any atom is -0.385 e. The lowest BCUT2D eigenvalue weighted by atomic mass is 9.68. The maximum atomic E-state index is 12.9. The van der Waals surface area contributed by atoms with Crippen LogP contribution in [0.1, 0.15) is 79.5 Å². The monoisotopic (exact) mass is 572 g/mol. The summed E-state index contributed by atoms with van der Waals surface area (Å²) in [5.74, 6) is 2.14. The summed E-state index contributed by atoms with van der Waals surface area (Å²) in [5, 5.41) is 21.0. The van der Waals surface area contributed by atoms with Crippen molar-refractivity contribution in [2.75, 3.05) is 25.0 Å². The van der Waals surface area contributed by atoms with Crippen LogP contribution >= 0.6 is 0 Å². The first-order chi connectivity index (χ1) is 21.1. The molecular weight excluding hydrogens is 532 g/mol. The first-order valence-corrected chi connectivity index (χ1v) is 15.8. The molecule has 7 nitrogen and oxygen atoms in total. The van der Waals surface area contributed by atoms with Gasteiger partial charge in [-0.1, -0.05) is 72.8 Å². The molecule has 0 spiro atoms. The number of hydrogen-bond acceptors (Lipinski definition) is 5. The SMILES string of the molecule is N=C1CCC/C=C/Nc2c1c(-c1ccc(C3CC(c4ccccc4)C3)cc1)nn2C1CCN(C(=O)/C=C/CNC2=CC2)C1. The number of amides is 1. The van der Waals surface area contributed by atoms with Crippen LogP contribution in [0.4, 0.5) is 5.82 Å². The number of allylic oxidation sites excluding steroid dienone is 3. The molecule has 3 aromatic rings. The summed E-state index contributed by atoms with van der Waals surface area (Å²) in [6, 6.07) is 19.8. The molecule has 1 saturated heterocycles. The Balaban J connectivity index is 1.11. The van der Waals surface area contributed by atoms with Crippen LogP contribution in [-0.2, 0) is 4.79 Å². The molecule has 4 aliphatic rings. The number of likely N-dealkylation sites (tertiary alicyclic amines) is 1. The van der Waals surface area contributed by atoms with E-state index in [2.05, 4.69) is 82.1 Å². The van der Waals surface area contributed by atoms with Gasteiger partial charge in [0.1, 0.15) is 11.5 Å². The van der Waals surface area contributed by atoms with Crippen molar-refractivity contribution in [3.8, 4) is 11.3 Å². The highest BCUT2D eigenvalue weighted by Crippen LogP contribution is 2.47. The van der Waals surface area contributed by atoms with Crippen molar-refractivity contribution in [3.63, 3.8) is 0 Å². The molecule has 7 rings (SSSR count). The second-order valence-corrected chi connectivity index (χ2v) is 12.3. The molecule has 2 aliphatic heterocycles. The molecule has 7 heteroatoms. The number of nitrogens with one attached hydrogen (secondary N) is 3. The van der Waals surface area contributed by atoms with Crippen molar-refractivity contribution in [1.82, 2.24) is 20.0 Å². The van der Waals surface area contributed by atoms with Gasteiger partial charge in [-0.25, -0.2) is 4.68 Å². The number of nitrogens with zero attached hydrogens (tertiary/aromatic N) is 3. The standard InChI is InChI=1S/C36H40N6O/c37-32-10-5-2-6-19-39-36-34(32)35(27-14-12-26(13-15-27)29-22-28(23-29)25-8-3-1-4-9-25)40-42(36)31-18-21-41(24-31)33(43)11-7-20-38-30-16-17-30/h1,3-4,6-9,11-16,19,28-29,31,37-39H,2,5,10,17-18,20-24H2/b11-7+,19-6+,37-32?. The fraction of sp³-hybridized carbons (Fsp3) is 0.361. The molecule has 1 unspecified atom stereocenters.